The highest BCUT2D eigenvalue weighted by Crippen LogP contribution is 2.13. The molecule has 1 N–H and O–H groups in total. The third-order valence-corrected chi connectivity index (χ3v) is 4.29. The second kappa shape index (κ2) is 7.43. The molecule has 2 saturated heterocycles. The highest BCUT2D eigenvalue weighted by Gasteiger charge is 2.20. The summed E-state index contributed by atoms with van der Waals surface area (Å²) in [5.74, 6) is 0. The highest BCUT2D eigenvalue weighted by molar-refractivity contribution is 4.77. The van der Waals surface area contributed by atoms with Crippen molar-refractivity contribution in [1.82, 2.24) is 15.1 Å². The zero-order valence-corrected chi connectivity index (χ0v) is 12.0. The van der Waals surface area contributed by atoms with Crippen molar-refractivity contribution in [2.24, 2.45) is 0 Å². The van der Waals surface area contributed by atoms with Crippen molar-refractivity contribution in [3.8, 4) is 0 Å². The van der Waals surface area contributed by atoms with Gasteiger partial charge in [-0.2, -0.15) is 0 Å². The molecule has 0 radical (unpaired) electrons. The van der Waals surface area contributed by atoms with Crippen LogP contribution >= 0.6 is 0 Å². The van der Waals surface area contributed by atoms with Crippen molar-refractivity contribution in [1.29, 1.82) is 0 Å². The molecule has 18 heavy (non-hydrogen) atoms. The Balaban J connectivity index is 1.50. The molecule has 2 rings (SSSR count). The van der Waals surface area contributed by atoms with Gasteiger partial charge in [0, 0.05) is 32.3 Å². The minimum Gasteiger partial charge on any atom is -0.377 e. The van der Waals surface area contributed by atoms with Crippen LogP contribution in [0.3, 0.4) is 0 Å². The molecule has 2 fully saturated rings. The van der Waals surface area contributed by atoms with Crippen molar-refractivity contribution in [3.63, 3.8) is 0 Å². The van der Waals surface area contributed by atoms with E-state index in [-0.39, 0.29) is 0 Å². The quantitative estimate of drug-likeness (QED) is 0.710. The van der Waals surface area contributed by atoms with Gasteiger partial charge in [-0.05, 0) is 52.9 Å². The normalized spacial score (nSPS) is 27.2. The standard InChI is InChI=1S/C14H29N3O/c1-16(2)13-5-8-17(9-6-13)10-7-15-12-14-4-3-11-18-14/h13-15H,3-12H2,1-2H3. The van der Waals surface area contributed by atoms with Gasteiger partial charge in [-0.25, -0.2) is 0 Å². The monoisotopic (exact) mass is 255 g/mol. The van der Waals surface area contributed by atoms with Crippen LogP contribution in [0.25, 0.3) is 0 Å². The topological polar surface area (TPSA) is 27.7 Å². The Kier molecular flexibility index (Phi) is 5.89. The zero-order valence-electron chi connectivity index (χ0n) is 12.0. The minimum absolute atomic E-state index is 0.476. The first-order valence-corrected chi connectivity index (χ1v) is 7.47. The molecule has 0 aliphatic carbocycles. The smallest absolute Gasteiger partial charge is 0.0700 e. The van der Waals surface area contributed by atoms with Gasteiger partial charge in [-0.15, -0.1) is 0 Å². The molecule has 0 aromatic heterocycles. The molecule has 2 heterocycles. The average molecular weight is 255 g/mol. The Hall–Kier alpha value is -0.160. The first-order chi connectivity index (χ1) is 8.75. The molecule has 0 amide bonds. The van der Waals surface area contributed by atoms with Crippen LogP contribution in [0.4, 0.5) is 0 Å². The minimum atomic E-state index is 0.476. The number of rotatable bonds is 6. The van der Waals surface area contributed by atoms with E-state index in [9.17, 15) is 0 Å². The lowest BCUT2D eigenvalue weighted by Gasteiger charge is -2.35. The molecule has 0 spiro atoms. The maximum Gasteiger partial charge on any atom is 0.0700 e. The fourth-order valence-electron chi connectivity index (χ4n) is 2.96. The molecule has 0 bridgehead atoms. The predicted molar refractivity (Wildman–Crippen MR) is 75.0 cm³/mol. The first-order valence-electron chi connectivity index (χ1n) is 7.47. The molecule has 1 atom stereocenters. The third-order valence-electron chi connectivity index (χ3n) is 4.29. The van der Waals surface area contributed by atoms with Crippen molar-refractivity contribution in [3.05, 3.63) is 0 Å². The maximum absolute atomic E-state index is 5.60. The van der Waals surface area contributed by atoms with Crippen LogP contribution in [0.5, 0.6) is 0 Å². The van der Waals surface area contributed by atoms with Gasteiger partial charge < -0.3 is 19.9 Å². The largest absolute Gasteiger partial charge is 0.377 e. The van der Waals surface area contributed by atoms with Crippen LogP contribution in [0.2, 0.25) is 0 Å². The summed E-state index contributed by atoms with van der Waals surface area (Å²) in [5.41, 5.74) is 0. The van der Waals surface area contributed by atoms with Gasteiger partial charge in [0.05, 0.1) is 6.10 Å². The fraction of sp³-hybridized carbons (Fsp3) is 1.00. The lowest BCUT2D eigenvalue weighted by Crippen LogP contribution is -2.44. The van der Waals surface area contributed by atoms with Gasteiger partial charge in [-0.1, -0.05) is 0 Å². The number of piperidine rings is 1. The van der Waals surface area contributed by atoms with Crippen molar-refractivity contribution in [2.45, 2.75) is 37.8 Å². The van der Waals surface area contributed by atoms with Crippen molar-refractivity contribution >= 4 is 0 Å². The second-order valence-corrected chi connectivity index (χ2v) is 5.88. The Morgan fingerprint density at radius 2 is 2.00 bits per heavy atom. The summed E-state index contributed by atoms with van der Waals surface area (Å²) in [6.07, 6.45) is 5.59. The highest BCUT2D eigenvalue weighted by atomic mass is 16.5. The van der Waals surface area contributed by atoms with E-state index < -0.39 is 0 Å². The lowest BCUT2D eigenvalue weighted by atomic mass is 10.0. The molecule has 4 nitrogen and oxygen atoms in total. The maximum atomic E-state index is 5.60. The summed E-state index contributed by atoms with van der Waals surface area (Å²) in [4.78, 5) is 4.95. The van der Waals surface area contributed by atoms with Gasteiger partial charge in [0.1, 0.15) is 0 Å². The van der Waals surface area contributed by atoms with Gasteiger partial charge >= 0.3 is 0 Å². The summed E-state index contributed by atoms with van der Waals surface area (Å²) < 4.78 is 5.60. The van der Waals surface area contributed by atoms with Gasteiger partial charge in [0.25, 0.3) is 0 Å². The summed E-state index contributed by atoms with van der Waals surface area (Å²) in [6.45, 7) is 6.80. The van der Waals surface area contributed by atoms with Gasteiger partial charge in [-0.3, -0.25) is 0 Å². The Labute approximate surface area is 112 Å². The second-order valence-electron chi connectivity index (χ2n) is 5.88. The summed E-state index contributed by atoms with van der Waals surface area (Å²) in [6, 6.07) is 0.793. The van der Waals surface area contributed by atoms with E-state index in [1.165, 1.54) is 45.3 Å². The van der Waals surface area contributed by atoms with E-state index in [2.05, 4.69) is 29.2 Å². The number of likely N-dealkylation sites (tertiary alicyclic amines) is 1. The summed E-state index contributed by atoms with van der Waals surface area (Å²) in [7, 11) is 4.40. The summed E-state index contributed by atoms with van der Waals surface area (Å²) >= 11 is 0. The summed E-state index contributed by atoms with van der Waals surface area (Å²) in [5, 5.41) is 3.53. The molecule has 4 heteroatoms. The van der Waals surface area contributed by atoms with E-state index in [4.69, 9.17) is 4.74 Å². The average Bonchev–Trinajstić information content (AvgIpc) is 2.88. The van der Waals surface area contributed by atoms with E-state index in [1.54, 1.807) is 0 Å². The molecule has 1 unspecified atom stereocenters. The molecule has 0 aromatic rings. The van der Waals surface area contributed by atoms with E-state index >= 15 is 0 Å². The zero-order chi connectivity index (χ0) is 12.8. The number of hydrogen-bond acceptors (Lipinski definition) is 4. The predicted octanol–water partition coefficient (Wildman–Crippen LogP) is 0.781. The van der Waals surface area contributed by atoms with Crippen LogP contribution in [-0.2, 0) is 4.74 Å². The Morgan fingerprint density at radius 1 is 1.22 bits per heavy atom. The fourth-order valence-corrected chi connectivity index (χ4v) is 2.96. The molecular weight excluding hydrogens is 226 g/mol. The van der Waals surface area contributed by atoms with Crippen molar-refractivity contribution in [2.75, 3.05) is 53.4 Å². The molecule has 2 aliphatic heterocycles. The van der Waals surface area contributed by atoms with Crippen LogP contribution < -0.4 is 5.32 Å². The van der Waals surface area contributed by atoms with Gasteiger partial charge in [0.15, 0.2) is 0 Å². The first kappa shape index (κ1) is 14.3. The van der Waals surface area contributed by atoms with E-state index in [1.807, 2.05) is 0 Å². The molecule has 0 aromatic carbocycles. The Bertz CT molecular complexity index is 221. The Morgan fingerprint density at radius 3 is 2.61 bits per heavy atom. The van der Waals surface area contributed by atoms with E-state index in [0.29, 0.717) is 6.10 Å². The molecular formula is C14H29N3O. The number of hydrogen-bond donors (Lipinski definition) is 1. The van der Waals surface area contributed by atoms with Gasteiger partial charge in [0.2, 0.25) is 0 Å². The molecule has 106 valence electrons. The molecule has 2 aliphatic rings. The number of ether oxygens (including phenoxy) is 1. The molecule has 0 saturated carbocycles. The van der Waals surface area contributed by atoms with Crippen molar-refractivity contribution < 1.29 is 4.74 Å². The SMILES string of the molecule is CN(C)C1CCN(CCNCC2CCCO2)CC1. The number of nitrogens with zero attached hydrogens (tertiary/aromatic N) is 2. The number of nitrogens with one attached hydrogen (secondary N) is 1. The van der Waals surface area contributed by atoms with Crippen LogP contribution in [0.15, 0.2) is 0 Å². The van der Waals surface area contributed by atoms with Crippen LogP contribution in [-0.4, -0.2) is 75.4 Å². The van der Waals surface area contributed by atoms with Crippen LogP contribution in [0, 0.1) is 0 Å². The van der Waals surface area contributed by atoms with Crippen LogP contribution in [0.1, 0.15) is 25.7 Å². The third kappa shape index (κ3) is 4.50. The van der Waals surface area contributed by atoms with E-state index in [0.717, 1.165) is 25.7 Å². The lowest BCUT2D eigenvalue weighted by molar-refractivity contribution is 0.107.